The fourth-order valence-corrected chi connectivity index (χ4v) is 4.17. The number of anilines is 2. The van der Waals surface area contributed by atoms with Crippen LogP contribution in [0.5, 0.6) is 5.75 Å². The Balaban J connectivity index is 0.000000461. The van der Waals surface area contributed by atoms with Crippen LogP contribution in [0, 0.1) is 13.8 Å². The van der Waals surface area contributed by atoms with Gasteiger partial charge < -0.3 is 30.6 Å². The molecule has 0 spiro atoms. The molecule has 1 aliphatic heterocycles. The van der Waals surface area contributed by atoms with Crippen molar-refractivity contribution in [3.8, 4) is 5.75 Å². The molecule has 0 atom stereocenters. The van der Waals surface area contributed by atoms with E-state index < -0.39 is 11.5 Å². The second-order valence-electron chi connectivity index (χ2n) is 9.68. The van der Waals surface area contributed by atoms with E-state index in [1.807, 2.05) is 18.2 Å². The predicted octanol–water partition coefficient (Wildman–Crippen LogP) is 3.14. The van der Waals surface area contributed by atoms with E-state index in [4.69, 9.17) is 16.3 Å². The van der Waals surface area contributed by atoms with Gasteiger partial charge in [-0.05, 0) is 51.0 Å². The Hall–Kier alpha value is -4.31. The van der Waals surface area contributed by atoms with Gasteiger partial charge in [0.05, 0.1) is 12.2 Å². The molecule has 0 radical (unpaired) electrons. The maximum atomic E-state index is 12.8. The number of hydrogen-bond donors (Lipinski definition) is 4. The van der Waals surface area contributed by atoms with Gasteiger partial charge in [-0.15, -0.1) is 0 Å². The first-order valence-corrected chi connectivity index (χ1v) is 13.3. The minimum atomic E-state index is -0.464. The van der Waals surface area contributed by atoms with Crippen LogP contribution in [0.4, 0.5) is 11.4 Å². The van der Waals surface area contributed by atoms with Crippen molar-refractivity contribution in [1.29, 1.82) is 0 Å². The normalized spacial score (nSPS) is 13.5. The van der Waals surface area contributed by atoms with Gasteiger partial charge in [0, 0.05) is 28.9 Å². The number of hydrogen-bond acceptors (Lipinski definition) is 6. The van der Waals surface area contributed by atoms with E-state index in [2.05, 4.69) is 40.3 Å². The third-order valence-corrected chi connectivity index (χ3v) is 6.49. The highest BCUT2D eigenvalue weighted by molar-refractivity contribution is 6.30. The first-order valence-electron chi connectivity index (χ1n) is 13.0. The minimum Gasteiger partial charge on any atom is -0.483 e. The van der Waals surface area contributed by atoms with Crippen LogP contribution < -0.4 is 31.6 Å². The van der Waals surface area contributed by atoms with Crippen molar-refractivity contribution in [3.63, 3.8) is 0 Å². The fourth-order valence-electron chi connectivity index (χ4n) is 3.98. The van der Waals surface area contributed by atoms with Crippen LogP contribution in [-0.4, -0.2) is 41.5 Å². The van der Waals surface area contributed by atoms with Gasteiger partial charge in [0.1, 0.15) is 18.0 Å². The Morgan fingerprint density at radius 1 is 1.05 bits per heavy atom. The zero-order valence-corrected chi connectivity index (χ0v) is 23.1. The number of fused-ring (bicyclic) bond motifs is 1. The lowest BCUT2D eigenvalue weighted by Gasteiger charge is -2.21. The number of aromatic nitrogens is 1. The lowest BCUT2D eigenvalue weighted by Crippen LogP contribution is -2.38. The zero-order valence-electron chi connectivity index (χ0n) is 22.4. The standard InChI is InChI=1S/C22H24ClN5O5.C7H8/c1-12-6-16-21(27-18(29)9-24-16)22(32)28(12)10-19(30)25-8-13-7-14(23)2-5-17(13)33-11-20(31)26-15-3-4-15;1-7-5-3-2-4-6-7/h2,5-7,15,24H,3-4,8-11H2,1H3,(H,25,30)(H,26,31)(H,27,29);2-6H,1H3. The van der Waals surface area contributed by atoms with Crippen molar-refractivity contribution in [2.75, 3.05) is 23.8 Å². The van der Waals surface area contributed by atoms with E-state index in [0.717, 1.165) is 12.8 Å². The van der Waals surface area contributed by atoms with Crippen LogP contribution in [0.25, 0.3) is 0 Å². The molecule has 1 saturated carbocycles. The first kappa shape index (κ1) is 28.7. The number of rotatable bonds is 8. The fraction of sp³-hybridized carbons (Fsp3) is 0.310. The number of benzene rings is 2. The molecule has 10 nitrogen and oxygen atoms in total. The van der Waals surface area contributed by atoms with E-state index in [1.165, 1.54) is 10.1 Å². The zero-order chi connectivity index (χ0) is 28.6. The highest BCUT2D eigenvalue weighted by atomic mass is 35.5. The number of amides is 3. The van der Waals surface area contributed by atoms with Crippen LogP contribution in [-0.2, 0) is 27.5 Å². The smallest absolute Gasteiger partial charge is 0.277 e. The molecule has 40 heavy (non-hydrogen) atoms. The molecular weight excluding hydrogens is 534 g/mol. The number of pyridine rings is 1. The van der Waals surface area contributed by atoms with Gasteiger partial charge in [-0.3, -0.25) is 19.2 Å². The van der Waals surface area contributed by atoms with Crippen LogP contribution >= 0.6 is 11.6 Å². The second-order valence-corrected chi connectivity index (χ2v) is 10.1. The number of nitrogens with one attached hydrogen (secondary N) is 4. The molecule has 0 unspecified atom stereocenters. The predicted molar refractivity (Wildman–Crippen MR) is 154 cm³/mol. The Kier molecular flexibility index (Phi) is 9.44. The molecule has 5 rings (SSSR count). The van der Waals surface area contributed by atoms with Gasteiger partial charge in [-0.1, -0.05) is 47.5 Å². The van der Waals surface area contributed by atoms with Gasteiger partial charge in [0.2, 0.25) is 11.8 Å². The lowest BCUT2D eigenvalue weighted by molar-refractivity contribution is -0.123. The van der Waals surface area contributed by atoms with Gasteiger partial charge in [-0.25, -0.2) is 0 Å². The molecular formula is C29H32ClN5O5. The summed E-state index contributed by atoms with van der Waals surface area (Å²) in [5.41, 5.74) is 2.68. The van der Waals surface area contributed by atoms with E-state index in [1.54, 1.807) is 31.2 Å². The second kappa shape index (κ2) is 13.2. The Bertz CT molecular complexity index is 1450. The summed E-state index contributed by atoms with van der Waals surface area (Å²) in [5, 5.41) is 11.5. The Morgan fingerprint density at radius 3 is 2.48 bits per heavy atom. The van der Waals surface area contributed by atoms with Gasteiger partial charge in [-0.2, -0.15) is 0 Å². The summed E-state index contributed by atoms with van der Waals surface area (Å²) < 4.78 is 6.91. The van der Waals surface area contributed by atoms with Crippen molar-refractivity contribution in [3.05, 3.63) is 86.8 Å². The van der Waals surface area contributed by atoms with E-state index in [0.29, 0.717) is 27.7 Å². The van der Waals surface area contributed by atoms with Gasteiger partial charge in [0.15, 0.2) is 6.61 Å². The molecule has 4 N–H and O–H groups in total. The number of aryl methyl sites for hydroxylation is 2. The Labute approximate surface area is 237 Å². The summed E-state index contributed by atoms with van der Waals surface area (Å²) in [5.74, 6) is -0.501. The van der Waals surface area contributed by atoms with Crippen molar-refractivity contribution in [2.45, 2.75) is 45.8 Å². The topological polar surface area (TPSA) is 131 Å². The summed E-state index contributed by atoms with van der Waals surface area (Å²) in [6.45, 7) is 3.61. The first-order chi connectivity index (χ1) is 19.2. The number of carbonyl (C=O) groups is 3. The monoisotopic (exact) mass is 565 g/mol. The summed E-state index contributed by atoms with van der Waals surface area (Å²) in [4.78, 5) is 48.9. The lowest BCUT2D eigenvalue weighted by atomic mass is 10.2. The van der Waals surface area contributed by atoms with Crippen LogP contribution in [0.2, 0.25) is 5.02 Å². The molecule has 0 bridgehead atoms. The molecule has 1 aromatic heterocycles. The number of halogens is 1. The number of nitrogens with zero attached hydrogens (tertiary/aromatic N) is 1. The SMILES string of the molecule is Cc1cc2c(c(=O)n1CC(=O)NCc1cc(Cl)ccc1OCC(=O)NC1CC1)NC(=O)CN2.Cc1ccccc1. The molecule has 2 aliphatic rings. The molecule has 1 fully saturated rings. The minimum absolute atomic E-state index is 0.0860. The number of ether oxygens (including phenoxy) is 1. The highest BCUT2D eigenvalue weighted by Crippen LogP contribution is 2.24. The van der Waals surface area contributed by atoms with Crippen molar-refractivity contribution >= 4 is 40.7 Å². The van der Waals surface area contributed by atoms with E-state index in [9.17, 15) is 19.2 Å². The highest BCUT2D eigenvalue weighted by Gasteiger charge is 2.24. The van der Waals surface area contributed by atoms with E-state index in [-0.39, 0.29) is 49.8 Å². The molecule has 11 heteroatoms. The molecule has 2 heterocycles. The number of carbonyl (C=O) groups excluding carboxylic acids is 3. The molecule has 3 aromatic rings. The maximum Gasteiger partial charge on any atom is 0.277 e. The summed E-state index contributed by atoms with van der Waals surface area (Å²) in [6.07, 6.45) is 1.97. The van der Waals surface area contributed by atoms with Crippen LogP contribution in [0.15, 0.2) is 59.4 Å². The van der Waals surface area contributed by atoms with Crippen molar-refractivity contribution in [1.82, 2.24) is 15.2 Å². The van der Waals surface area contributed by atoms with Crippen LogP contribution in [0.1, 0.15) is 29.7 Å². The molecule has 0 saturated heterocycles. The molecule has 1 aliphatic carbocycles. The summed E-state index contributed by atoms with van der Waals surface area (Å²) >= 11 is 6.09. The summed E-state index contributed by atoms with van der Waals surface area (Å²) in [7, 11) is 0. The largest absolute Gasteiger partial charge is 0.483 e. The van der Waals surface area contributed by atoms with Crippen molar-refractivity contribution < 1.29 is 19.1 Å². The summed E-state index contributed by atoms with van der Waals surface area (Å²) in [6, 6.07) is 17.1. The quantitative estimate of drug-likeness (QED) is 0.332. The van der Waals surface area contributed by atoms with Crippen LogP contribution in [0.3, 0.4) is 0 Å². The van der Waals surface area contributed by atoms with E-state index >= 15 is 0 Å². The van der Waals surface area contributed by atoms with Gasteiger partial charge in [0.25, 0.3) is 11.5 Å². The average molecular weight is 566 g/mol. The molecule has 2 aromatic carbocycles. The molecule has 3 amide bonds. The third-order valence-electron chi connectivity index (χ3n) is 6.25. The van der Waals surface area contributed by atoms with Gasteiger partial charge >= 0.3 is 0 Å². The maximum absolute atomic E-state index is 12.8. The average Bonchev–Trinajstić information content (AvgIpc) is 3.74. The Morgan fingerprint density at radius 2 is 1.80 bits per heavy atom. The van der Waals surface area contributed by atoms with Crippen molar-refractivity contribution in [2.24, 2.45) is 0 Å². The molecule has 210 valence electrons. The third kappa shape index (κ3) is 8.09.